The highest BCUT2D eigenvalue weighted by Crippen LogP contribution is 2.23. The minimum atomic E-state index is -1.33. The molecule has 4 N–H and O–H groups in total. The van der Waals surface area contributed by atoms with E-state index >= 15 is 0 Å². The van der Waals surface area contributed by atoms with Gasteiger partial charge in [-0.2, -0.15) is 0 Å². The fourth-order valence-electron chi connectivity index (χ4n) is 2.17. The highest BCUT2D eigenvalue weighted by molar-refractivity contribution is 5.80. The molecule has 8 heteroatoms. The lowest BCUT2D eigenvalue weighted by Crippen LogP contribution is -2.64. The number of nitrogens with one attached hydrogen (secondary N) is 1. The predicted octanol–water partition coefficient (Wildman–Crippen LogP) is -2.02. The number of aliphatic hydroxyl groups is 3. The summed E-state index contributed by atoms with van der Waals surface area (Å²) in [5.74, 6) is -0.677. The molecule has 0 aromatic rings. The molecule has 1 aliphatic rings. The van der Waals surface area contributed by atoms with Crippen LogP contribution < -0.4 is 5.32 Å². The molecule has 118 valence electrons. The van der Waals surface area contributed by atoms with E-state index in [9.17, 15) is 15.0 Å². The van der Waals surface area contributed by atoms with Crippen LogP contribution in [0.3, 0.4) is 0 Å². The highest BCUT2D eigenvalue weighted by atomic mass is 16.7. The summed E-state index contributed by atoms with van der Waals surface area (Å²) in [5.41, 5.74) is 0. The number of carbonyl (C=O) groups is 1. The summed E-state index contributed by atoms with van der Waals surface area (Å²) >= 11 is 0. The lowest BCUT2D eigenvalue weighted by molar-refractivity contribution is -0.269. The average Bonchev–Trinajstić information content (AvgIpc) is 2.42. The number of hydrogen-bond donors (Lipinski definition) is 4. The number of rotatable bonds is 6. The first-order valence-electron chi connectivity index (χ1n) is 6.44. The molecule has 0 aliphatic carbocycles. The first-order valence-corrected chi connectivity index (χ1v) is 6.44. The number of hydrogen-bond acceptors (Lipinski definition) is 7. The highest BCUT2D eigenvalue weighted by Gasteiger charge is 2.45. The number of methoxy groups -OCH3 is 2. The van der Waals surface area contributed by atoms with Gasteiger partial charge in [-0.05, 0) is 6.92 Å². The summed E-state index contributed by atoms with van der Waals surface area (Å²) in [6, 6.07) is -0.743. The molecule has 8 nitrogen and oxygen atoms in total. The standard InChI is InChI=1S/C12H23NO7/c1-6-8(13-11(17)7(15)4-5-14)9(16)10(18-2)12(19-3)20-6/h6-10,12,14-16H,4-5H2,1-3H3,(H,13,17)/t6-,7+,8-,9+,10+,12+/m0/s1. The topological polar surface area (TPSA) is 117 Å². The van der Waals surface area contributed by atoms with Gasteiger partial charge in [0.25, 0.3) is 0 Å². The van der Waals surface area contributed by atoms with E-state index in [4.69, 9.17) is 19.3 Å². The normalized spacial score (nSPS) is 35.6. The van der Waals surface area contributed by atoms with Crippen LogP contribution >= 0.6 is 0 Å². The second-order valence-corrected chi connectivity index (χ2v) is 4.70. The first-order chi connectivity index (χ1) is 9.46. The van der Waals surface area contributed by atoms with E-state index in [-0.39, 0.29) is 13.0 Å². The Bertz CT molecular complexity index is 314. The molecule has 1 saturated heterocycles. The molecule has 1 heterocycles. The molecule has 0 aromatic heterocycles. The largest absolute Gasteiger partial charge is 0.396 e. The smallest absolute Gasteiger partial charge is 0.249 e. The minimum absolute atomic E-state index is 0.0711. The predicted molar refractivity (Wildman–Crippen MR) is 67.8 cm³/mol. The van der Waals surface area contributed by atoms with Gasteiger partial charge in [0.15, 0.2) is 6.29 Å². The molecule has 0 radical (unpaired) electrons. The number of amides is 1. The second-order valence-electron chi connectivity index (χ2n) is 4.70. The van der Waals surface area contributed by atoms with E-state index in [1.165, 1.54) is 14.2 Å². The number of ether oxygens (including phenoxy) is 3. The van der Waals surface area contributed by atoms with Crippen molar-refractivity contribution in [2.45, 2.75) is 50.1 Å². The van der Waals surface area contributed by atoms with Gasteiger partial charge in [-0.3, -0.25) is 4.79 Å². The van der Waals surface area contributed by atoms with E-state index in [0.29, 0.717) is 0 Å². The summed E-state index contributed by atoms with van der Waals surface area (Å²) in [5, 5.41) is 30.9. The molecule has 1 rings (SSSR count). The van der Waals surface area contributed by atoms with E-state index in [1.807, 2.05) is 0 Å². The van der Waals surface area contributed by atoms with Crippen molar-refractivity contribution >= 4 is 5.91 Å². The fraction of sp³-hybridized carbons (Fsp3) is 0.917. The van der Waals surface area contributed by atoms with Gasteiger partial charge in [-0.15, -0.1) is 0 Å². The Morgan fingerprint density at radius 2 is 2.05 bits per heavy atom. The zero-order chi connectivity index (χ0) is 15.3. The van der Waals surface area contributed by atoms with Gasteiger partial charge in [-0.25, -0.2) is 0 Å². The van der Waals surface area contributed by atoms with Crippen LogP contribution in [0.15, 0.2) is 0 Å². The van der Waals surface area contributed by atoms with Crippen molar-refractivity contribution in [1.82, 2.24) is 5.32 Å². The van der Waals surface area contributed by atoms with Gasteiger partial charge in [0.1, 0.15) is 18.3 Å². The van der Waals surface area contributed by atoms with Crippen molar-refractivity contribution in [3.63, 3.8) is 0 Å². The van der Waals surface area contributed by atoms with Crippen LogP contribution in [0.5, 0.6) is 0 Å². The van der Waals surface area contributed by atoms with Crippen molar-refractivity contribution in [3.8, 4) is 0 Å². The van der Waals surface area contributed by atoms with E-state index in [2.05, 4.69) is 5.32 Å². The SMILES string of the molecule is CO[C@@H]1O[C@@H](C)[C@H](NC(=O)[C@H](O)CCO)[C@@H](O)[C@H]1OC. The fourth-order valence-corrected chi connectivity index (χ4v) is 2.17. The Morgan fingerprint density at radius 3 is 2.55 bits per heavy atom. The van der Waals surface area contributed by atoms with Crippen LogP contribution in [0.4, 0.5) is 0 Å². The summed E-state index contributed by atoms with van der Waals surface area (Å²) in [6.45, 7) is 1.37. The average molecular weight is 293 g/mol. The molecule has 0 saturated carbocycles. The van der Waals surface area contributed by atoms with Crippen molar-refractivity contribution in [2.24, 2.45) is 0 Å². The molecule has 0 unspecified atom stereocenters. The Balaban J connectivity index is 2.71. The van der Waals surface area contributed by atoms with Crippen LogP contribution in [0.2, 0.25) is 0 Å². The maximum absolute atomic E-state index is 11.7. The Morgan fingerprint density at radius 1 is 1.40 bits per heavy atom. The van der Waals surface area contributed by atoms with Crippen LogP contribution in [0.25, 0.3) is 0 Å². The Hall–Kier alpha value is -0.770. The van der Waals surface area contributed by atoms with Gasteiger partial charge >= 0.3 is 0 Å². The van der Waals surface area contributed by atoms with Crippen LogP contribution in [0.1, 0.15) is 13.3 Å². The van der Waals surface area contributed by atoms with Gasteiger partial charge in [0.05, 0.1) is 12.1 Å². The number of aliphatic hydroxyl groups excluding tert-OH is 3. The van der Waals surface area contributed by atoms with Crippen molar-refractivity contribution in [1.29, 1.82) is 0 Å². The van der Waals surface area contributed by atoms with Crippen molar-refractivity contribution < 1.29 is 34.3 Å². The first kappa shape index (κ1) is 17.3. The molecular formula is C12H23NO7. The third-order valence-corrected chi connectivity index (χ3v) is 3.35. The third kappa shape index (κ3) is 3.87. The lowest BCUT2D eigenvalue weighted by Gasteiger charge is -2.42. The molecule has 1 aliphatic heterocycles. The molecule has 1 fully saturated rings. The molecular weight excluding hydrogens is 270 g/mol. The van der Waals surface area contributed by atoms with Gasteiger partial charge in [-0.1, -0.05) is 0 Å². The minimum Gasteiger partial charge on any atom is -0.396 e. The molecule has 0 aromatic carbocycles. The quantitative estimate of drug-likeness (QED) is 0.446. The zero-order valence-corrected chi connectivity index (χ0v) is 11.9. The zero-order valence-electron chi connectivity index (χ0n) is 11.9. The summed E-state index contributed by atoms with van der Waals surface area (Å²) in [7, 11) is 2.83. The Kier molecular flexibility index (Phi) is 6.80. The molecule has 1 amide bonds. The second kappa shape index (κ2) is 7.87. The van der Waals surface area contributed by atoms with Crippen molar-refractivity contribution in [3.05, 3.63) is 0 Å². The number of carbonyl (C=O) groups excluding carboxylic acids is 1. The van der Waals surface area contributed by atoms with Crippen LogP contribution in [-0.2, 0) is 19.0 Å². The monoisotopic (exact) mass is 293 g/mol. The maximum atomic E-state index is 11.7. The van der Waals surface area contributed by atoms with Crippen LogP contribution in [-0.4, -0.2) is 78.8 Å². The summed E-state index contributed by atoms with van der Waals surface area (Å²) in [6.07, 6.45) is -4.46. The van der Waals surface area contributed by atoms with Gasteiger partial charge in [0.2, 0.25) is 5.91 Å². The molecule has 0 bridgehead atoms. The molecule has 6 atom stereocenters. The van der Waals surface area contributed by atoms with Gasteiger partial charge in [0, 0.05) is 27.2 Å². The third-order valence-electron chi connectivity index (χ3n) is 3.35. The molecule has 0 spiro atoms. The van der Waals surface area contributed by atoms with E-state index < -0.39 is 42.7 Å². The van der Waals surface area contributed by atoms with E-state index in [0.717, 1.165) is 0 Å². The Labute approximate surface area is 117 Å². The van der Waals surface area contributed by atoms with Gasteiger partial charge < -0.3 is 34.8 Å². The lowest BCUT2D eigenvalue weighted by atomic mass is 9.96. The van der Waals surface area contributed by atoms with E-state index in [1.54, 1.807) is 6.92 Å². The molecule has 20 heavy (non-hydrogen) atoms. The maximum Gasteiger partial charge on any atom is 0.249 e. The van der Waals surface area contributed by atoms with Crippen LogP contribution in [0, 0.1) is 0 Å². The summed E-state index contributed by atoms with van der Waals surface area (Å²) in [4.78, 5) is 11.7. The summed E-state index contributed by atoms with van der Waals surface area (Å²) < 4.78 is 15.7. The van der Waals surface area contributed by atoms with Crippen molar-refractivity contribution in [2.75, 3.05) is 20.8 Å².